The van der Waals surface area contributed by atoms with Crippen LogP contribution in [0.4, 0.5) is 4.39 Å². The maximum atomic E-state index is 15.1. The summed E-state index contributed by atoms with van der Waals surface area (Å²) in [6.45, 7) is 2.87. The van der Waals surface area contributed by atoms with Gasteiger partial charge >= 0.3 is 0 Å². The predicted molar refractivity (Wildman–Crippen MR) is 137 cm³/mol. The first-order chi connectivity index (χ1) is 16.6. The summed E-state index contributed by atoms with van der Waals surface area (Å²) in [7, 11) is 0. The summed E-state index contributed by atoms with van der Waals surface area (Å²) in [6, 6.07) is 17.6. The maximum Gasteiger partial charge on any atom is 0.155 e. The summed E-state index contributed by atoms with van der Waals surface area (Å²) in [6.07, 6.45) is 9.83. The molecule has 0 amide bonds. The van der Waals surface area contributed by atoms with E-state index in [4.69, 9.17) is 16.3 Å². The predicted octanol–water partition coefficient (Wildman–Crippen LogP) is 7.56. The van der Waals surface area contributed by atoms with E-state index < -0.39 is 0 Å². The second-order valence-electron chi connectivity index (χ2n) is 8.61. The molecule has 0 fully saturated rings. The molecule has 5 heteroatoms. The largest absolute Gasteiger partial charge is 0.490 e. The summed E-state index contributed by atoms with van der Waals surface area (Å²) in [4.78, 5) is 8.85. The first-order valence-corrected chi connectivity index (χ1v) is 12.4. The Kier molecular flexibility index (Phi) is 8.48. The van der Waals surface area contributed by atoms with Crippen LogP contribution in [0.2, 0.25) is 5.02 Å². The molecule has 0 radical (unpaired) electrons. The second kappa shape index (κ2) is 11.9. The lowest BCUT2D eigenvalue weighted by atomic mass is 9.98. The molecule has 4 rings (SSSR count). The van der Waals surface area contributed by atoms with Gasteiger partial charge in [0.25, 0.3) is 0 Å². The number of aromatic nitrogens is 2. The highest BCUT2D eigenvalue weighted by atomic mass is 35.5. The fraction of sp³-hybridized carbons (Fsp3) is 0.310. The van der Waals surface area contributed by atoms with Crippen molar-refractivity contribution in [2.24, 2.45) is 0 Å². The van der Waals surface area contributed by atoms with Gasteiger partial charge in [0.05, 0.1) is 19.0 Å². The average molecular weight is 477 g/mol. The number of aryl methyl sites for hydroxylation is 4. The zero-order valence-corrected chi connectivity index (χ0v) is 20.3. The molecule has 0 atom stereocenters. The minimum absolute atomic E-state index is 0.129. The van der Waals surface area contributed by atoms with E-state index in [0.29, 0.717) is 29.2 Å². The first kappa shape index (κ1) is 24.2. The lowest BCUT2D eigenvalue weighted by molar-refractivity contribution is 0.303. The van der Waals surface area contributed by atoms with Crippen molar-refractivity contribution in [2.45, 2.75) is 51.9 Å². The van der Waals surface area contributed by atoms with E-state index in [0.717, 1.165) is 53.6 Å². The van der Waals surface area contributed by atoms with E-state index in [1.54, 1.807) is 12.4 Å². The van der Waals surface area contributed by atoms with Crippen LogP contribution in [0.25, 0.3) is 10.8 Å². The number of hydrogen-bond acceptors (Lipinski definition) is 3. The van der Waals surface area contributed by atoms with E-state index in [1.165, 1.54) is 12.8 Å². The standard InChI is InChI=1S/C29H30ClFN2O/c1-2-3-4-17-34-26-19-32-28(33-20-26)16-9-22-8-15-27-24(18-22)12-11-23(29(27)31)10-5-21-6-13-25(30)14-7-21/h6-8,11-15,18-20H,2-5,9-10,16-17H2,1H3. The Morgan fingerprint density at radius 3 is 2.32 bits per heavy atom. The molecule has 0 aliphatic rings. The molecule has 4 aromatic rings. The highest BCUT2D eigenvalue weighted by molar-refractivity contribution is 6.30. The van der Waals surface area contributed by atoms with Crippen LogP contribution in [0.15, 0.2) is 67.0 Å². The number of fused-ring (bicyclic) bond motifs is 1. The zero-order valence-electron chi connectivity index (χ0n) is 19.6. The van der Waals surface area contributed by atoms with Crippen LogP contribution in [0.3, 0.4) is 0 Å². The van der Waals surface area contributed by atoms with Crippen molar-refractivity contribution >= 4 is 22.4 Å². The molecular formula is C29H30ClFN2O. The molecule has 0 aliphatic heterocycles. The molecule has 0 bridgehead atoms. The molecule has 1 aromatic heterocycles. The maximum absolute atomic E-state index is 15.1. The van der Waals surface area contributed by atoms with Gasteiger partial charge in [0.15, 0.2) is 5.75 Å². The van der Waals surface area contributed by atoms with E-state index in [1.807, 2.05) is 48.5 Å². The lowest BCUT2D eigenvalue weighted by Gasteiger charge is -2.09. The molecule has 0 saturated heterocycles. The van der Waals surface area contributed by atoms with Gasteiger partial charge in [0.1, 0.15) is 11.6 Å². The van der Waals surface area contributed by atoms with Crippen molar-refractivity contribution in [2.75, 3.05) is 6.61 Å². The van der Waals surface area contributed by atoms with Crippen molar-refractivity contribution in [3.63, 3.8) is 0 Å². The highest BCUT2D eigenvalue weighted by Crippen LogP contribution is 2.24. The summed E-state index contributed by atoms with van der Waals surface area (Å²) >= 11 is 5.95. The minimum atomic E-state index is -0.129. The van der Waals surface area contributed by atoms with E-state index in [9.17, 15) is 0 Å². The van der Waals surface area contributed by atoms with Gasteiger partial charge < -0.3 is 4.74 Å². The first-order valence-electron chi connectivity index (χ1n) is 12.0. The third-order valence-electron chi connectivity index (χ3n) is 6.03. The van der Waals surface area contributed by atoms with E-state index >= 15 is 4.39 Å². The third kappa shape index (κ3) is 6.54. The molecule has 0 N–H and O–H groups in total. The van der Waals surface area contributed by atoms with Crippen LogP contribution >= 0.6 is 11.6 Å². The Bertz CT molecular complexity index is 1210. The average Bonchev–Trinajstić information content (AvgIpc) is 2.87. The number of hydrogen-bond donors (Lipinski definition) is 0. The topological polar surface area (TPSA) is 35.0 Å². The number of benzene rings is 3. The Morgan fingerprint density at radius 2 is 1.56 bits per heavy atom. The van der Waals surface area contributed by atoms with E-state index in [-0.39, 0.29) is 5.82 Å². The number of ether oxygens (including phenoxy) is 1. The summed E-state index contributed by atoms with van der Waals surface area (Å²) < 4.78 is 20.8. The van der Waals surface area contributed by atoms with Gasteiger partial charge in [-0.1, -0.05) is 73.8 Å². The Morgan fingerprint density at radius 1 is 0.824 bits per heavy atom. The summed E-state index contributed by atoms with van der Waals surface area (Å²) in [5, 5.41) is 2.30. The summed E-state index contributed by atoms with van der Waals surface area (Å²) in [5.41, 5.74) is 3.03. The van der Waals surface area contributed by atoms with Crippen LogP contribution in [-0.4, -0.2) is 16.6 Å². The highest BCUT2D eigenvalue weighted by Gasteiger charge is 2.09. The second-order valence-corrected chi connectivity index (χ2v) is 9.05. The van der Waals surface area contributed by atoms with Crippen molar-refractivity contribution in [1.29, 1.82) is 0 Å². The molecule has 0 unspecified atom stereocenters. The van der Waals surface area contributed by atoms with Crippen LogP contribution in [0, 0.1) is 5.82 Å². The van der Waals surface area contributed by atoms with Crippen molar-refractivity contribution in [1.82, 2.24) is 9.97 Å². The zero-order chi connectivity index (χ0) is 23.8. The molecule has 0 aliphatic carbocycles. The van der Waals surface area contributed by atoms with Gasteiger partial charge in [0.2, 0.25) is 0 Å². The SMILES string of the molecule is CCCCCOc1cnc(CCc2ccc3c(F)c(CCc4ccc(Cl)cc4)ccc3c2)nc1. The van der Waals surface area contributed by atoms with Crippen LogP contribution in [0.1, 0.15) is 48.7 Å². The molecular weight excluding hydrogens is 447 g/mol. The van der Waals surface area contributed by atoms with Gasteiger partial charge in [0, 0.05) is 16.8 Å². The lowest BCUT2D eigenvalue weighted by Crippen LogP contribution is -2.01. The monoisotopic (exact) mass is 476 g/mol. The van der Waals surface area contributed by atoms with Gasteiger partial charge in [-0.3, -0.25) is 0 Å². The molecule has 176 valence electrons. The number of unbranched alkanes of at least 4 members (excludes halogenated alkanes) is 2. The van der Waals surface area contributed by atoms with Crippen LogP contribution < -0.4 is 4.74 Å². The Hall–Kier alpha value is -2.98. The number of halogens is 2. The molecule has 0 saturated carbocycles. The van der Waals surface area contributed by atoms with Crippen LogP contribution in [-0.2, 0) is 25.7 Å². The Balaban J connectivity index is 1.35. The van der Waals surface area contributed by atoms with Crippen molar-refractivity contribution in [3.05, 3.63) is 100 Å². The van der Waals surface area contributed by atoms with Gasteiger partial charge in [-0.05, 0) is 59.9 Å². The molecule has 3 aromatic carbocycles. The Labute approximate surface area is 206 Å². The normalized spacial score (nSPS) is 11.1. The molecule has 3 nitrogen and oxygen atoms in total. The fourth-order valence-corrected chi connectivity index (χ4v) is 4.14. The summed E-state index contributed by atoms with van der Waals surface area (Å²) in [5.74, 6) is 1.37. The molecule has 34 heavy (non-hydrogen) atoms. The van der Waals surface area contributed by atoms with Gasteiger partial charge in [-0.2, -0.15) is 0 Å². The van der Waals surface area contributed by atoms with Gasteiger partial charge in [-0.25, -0.2) is 14.4 Å². The minimum Gasteiger partial charge on any atom is -0.490 e. The number of nitrogens with zero attached hydrogens (tertiary/aromatic N) is 2. The van der Waals surface area contributed by atoms with Gasteiger partial charge in [-0.15, -0.1) is 0 Å². The fourth-order valence-electron chi connectivity index (χ4n) is 4.01. The number of rotatable bonds is 11. The van der Waals surface area contributed by atoms with Crippen molar-refractivity contribution < 1.29 is 9.13 Å². The molecule has 0 spiro atoms. The van der Waals surface area contributed by atoms with E-state index in [2.05, 4.69) is 23.0 Å². The smallest absolute Gasteiger partial charge is 0.155 e. The van der Waals surface area contributed by atoms with Crippen molar-refractivity contribution in [3.8, 4) is 5.75 Å². The molecule has 1 heterocycles. The third-order valence-corrected chi connectivity index (χ3v) is 6.28. The van der Waals surface area contributed by atoms with Crippen LogP contribution in [0.5, 0.6) is 5.75 Å². The quantitative estimate of drug-likeness (QED) is 0.209.